The van der Waals surface area contributed by atoms with E-state index in [1.807, 2.05) is 22.6 Å². The predicted octanol–water partition coefficient (Wildman–Crippen LogP) is 4.61. The van der Waals surface area contributed by atoms with E-state index in [-0.39, 0.29) is 5.56 Å². The molecule has 0 fully saturated rings. The van der Waals surface area contributed by atoms with Crippen molar-refractivity contribution in [3.8, 4) is 0 Å². The van der Waals surface area contributed by atoms with Gasteiger partial charge in [-0.1, -0.05) is 11.6 Å². The van der Waals surface area contributed by atoms with Gasteiger partial charge >= 0.3 is 0 Å². The quantitative estimate of drug-likeness (QED) is 0.567. The Morgan fingerprint density at radius 1 is 1.10 bits per heavy atom. The Balaban J connectivity index is 2.28. The lowest BCUT2D eigenvalue weighted by Gasteiger charge is -2.08. The maximum Gasteiger partial charge on any atom is 0.255 e. The van der Waals surface area contributed by atoms with Gasteiger partial charge in [0.15, 0.2) is 17.5 Å². The van der Waals surface area contributed by atoms with Gasteiger partial charge in [-0.05, 0) is 52.9 Å². The molecule has 2 nitrogen and oxygen atoms in total. The second-order valence-corrected chi connectivity index (χ2v) is 5.38. The summed E-state index contributed by atoms with van der Waals surface area (Å²) in [7, 11) is 0. The zero-order valence-electron chi connectivity index (χ0n) is 9.68. The third kappa shape index (κ3) is 3.06. The molecule has 2 aromatic rings. The SMILES string of the molecule is O=C(Nc1ccc(F)c(F)c1F)c1ccc(Cl)c(I)c1. The van der Waals surface area contributed by atoms with Crippen LogP contribution in [-0.2, 0) is 0 Å². The van der Waals surface area contributed by atoms with E-state index in [0.717, 1.165) is 12.1 Å². The van der Waals surface area contributed by atoms with Crippen LogP contribution < -0.4 is 5.32 Å². The minimum absolute atomic E-state index is 0.225. The number of anilines is 1. The lowest BCUT2D eigenvalue weighted by molar-refractivity contribution is 0.102. The molecule has 0 heterocycles. The summed E-state index contributed by atoms with van der Waals surface area (Å²) in [5, 5.41) is 2.65. The van der Waals surface area contributed by atoms with Crippen molar-refractivity contribution in [2.45, 2.75) is 0 Å². The molecule has 1 N–H and O–H groups in total. The molecule has 7 heteroatoms. The Labute approximate surface area is 131 Å². The zero-order valence-corrected chi connectivity index (χ0v) is 12.6. The van der Waals surface area contributed by atoms with Crippen molar-refractivity contribution in [1.82, 2.24) is 0 Å². The van der Waals surface area contributed by atoms with Gasteiger partial charge in [-0.2, -0.15) is 0 Å². The fourth-order valence-corrected chi connectivity index (χ4v) is 2.09. The standard InChI is InChI=1S/C13H6ClF3INO/c14-7-2-1-6(5-9(7)18)13(20)19-10-4-3-8(15)11(16)12(10)17/h1-5H,(H,19,20). The van der Waals surface area contributed by atoms with Gasteiger partial charge in [0.1, 0.15) is 0 Å². The van der Waals surface area contributed by atoms with Crippen LogP contribution in [0.3, 0.4) is 0 Å². The number of benzene rings is 2. The van der Waals surface area contributed by atoms with E-state index < -0.39 is 29.0 Å². The van der Waals surface area contributed by atoms with E-state index in [2.05, 4.69) is 5.32 Å². The first-order chi connectivity index (χ1) is 9.40. The number of rotatable bonds is 2. The molecule has 0 radical (unpaired) electrons. The summed E-state index contributed by atoms with van der Waals surface area (Å²) < 4.78 is 39.9. The second kappa shape index (κ2) is 6.01. The first-order valence-electron chi connectivity index (χ1n) is 5.30. The summed E-state index contributed by atoms with van der Waals surface area (Å²) in [4.78, 5) is 11.9. The summed E-state index contributed by atoms with van der Waals surface area (Å²) in [5.41, 5.74) is -0.207. The molecule has 0 aliphatic carbocycles. The van der Waals surface area contributed by atoms with Crippen LogP contribution in [-0.4, -0.2) is 5.91 Å². The zero-order chi connectivity index (χ0) is 14.9. The number of amides is 1. The Morgan fingerprint density at radius 2 is 1.80 bits per heavy atom. The molecule has 0 aliphatic heterocycles. The van der Waals surface area contributed by atoms with Crippen LogP contribution in [0.15, 0.2) is 30.3 Å². The number of hydrogen-bond acceptors (Lipinski definition) is 1. The third-order valence-electron chi connectivity index (χ3n) is 2.47. The van der Waals surface area contributed by atoms with E-state index >= 15 is 0 Å². The number of carbonyl (C=O) groups is 1. The number of halogens is 5. The lowest BCUT2D eigenvalue weighted by Crippen LogP contribution is -2.14. The van der Waals surface area contributed by atoms with Crippen LogP contribution in [0.5, 0.6) is 0 Å². The fourth-order valence-electron chi connectivity index (χ4n) is 1.45. The van der Waals surface area contributed by atoms with E-state index in [1.54, 1.807) is 0 Å². The highest BCUT2D eigenvalue weighted by Gasteiger charge is 2.16. The van der Waals surface area contributed by atoms with Crippen LogP contribution in [0.4, 0.5) is 18.9 Å². The van der Waals surface area contributed by atoms with Gasteiger partial charge in [-0.25, -0.2) is 13.2 Å². The molecule has 2 rings (SSSR count). The summed E-state index contributed by atoms with van der Waals surface area (Å²) in [6.07, 6.45) is 0. The van der Waals surface area contributed by atoms with Crippen LogP contribution in [0.2, 0.25) is 5.02 Å². The minimum Gasteiger partial charge on any atom is -0.319 e. The molecule has 0 bridgehead atoms. The topological polar surface area (TPSA) is 29.1 Å². The molecular weight excluding hydrogens is 406 g/mol. The largest absolute Gasteiger partial charge is 0.319 e. The number of carbonyl (C=O) groups excluding carboxylic acids is 1. The molecule has 0 atom stereocenters. The predicted molar refractivity (Wildman–Crippen MR) is 78.4 cm³/mol. The molecule has 0 unspecified atom stereocenters. The fraction of sp³-hybridized carbons (Fsp3) is 0. The summed E-state index contributed by atoms with van der Waals surface area (Å²) in [6, 6.07) is 6.14. The maximum atomic E-state index is 13.4. The lowest BCUT2D eigenvalue weighted by atomic mass is 10.2. The molecule has 0 aromatic heterocycles. The van der Waals surface area contributed by atoms with E-state index in [1.165, 1.54) is 18.2 Å². The van der Waals surface area contributed by atoms with Gasteiger partial charge in [0.25, 0.3) is 5.91 Å². The molecule has 0 saturated carbocycles. The summed E-state index contributed by atoms with van der Waals surface area (Å²) in [6.45, 7) is 0. The maximum absolute atomic E-state index is 13.4. The Hall–Kier alpha value is -1.28. The Bertz CT molecular complexity index is 694. The monoisotopic (exact) mass is 411 g/mol. The van der Waals surface area contributed by atoms with E-state index in [0.29, 0.717) is 8.59 Å². The molecule has 0 saturated heterocycles. The molecule has 0 spiro atoms. The second-order valence-electron chi connectivity index (χ2n) is 3.81. The van der Waals surface area contributed by atoms with Crippen LogP contribution >= 0.6 is 34.2 Å². The molecular formula is C13H6ClF3INO. The van der Waals surface area contributed by atoms with Gasteiger partial charge < -0.3 is 5.32 Å². The molecule has 20 heavy (non-hydrogen) atoms. The minimum atomic E-state index is -1.63. The van der Waals surface area contributed by atoms with Crippen molar-refractivity contribution in [1.29, 1.82) is 0 Å². The van der Waals surface area contributed by atoms with Crippen LogP contribution in [0, 0.1) is 21.0 Å². The molecule has 0 aliphatic rings. The van der Waals surface area contributed by atoms with E-state index in [4.69, 9.17) is 11.6 Å². The average Bonchev–Trinajstić information content (AvgIpc) is 2.42. The van der Waals surface area contributed by atoms with Crippen LogP contribution in [0.1, 0.15) is 10.4 Å². The highest BCUT2D eigenvalue weighted by molar-refractivity contribution is 14.1. The highest BCUT2D eigenvalue weighted by Crippen LogP contribution is 2.22. The highest BCUT2D eigenvalue weighted by atomic mass is 127. The smallest absolute Gasteiger partial charge is 0.255 e. The van der Waals surface area contributed by atoms with E-state index in [9.17, 15) is 18.0 Å². The van der Waals surface area contributed by atoms with Gasteiger partial charge in [0, 0.05) is 9.13 Å². The van der Waals surface area contributed by atoms with Crippen molar-refractivity contribution in [2.75, 3.05) is 5.32 Å². The number of hydrogen-bond donors (Lipinski definition) is 1. The number of nitrogens with one attached hydrogen (secondary N) is 1. The average molecular weight is 412 g/mol. The normalized spacial score (nSPS) is 10.4. The summed E-state index contributed by atoms with van der Waals surface area (Å²) in [5.74, 6) is -5.04. The Morgan fingerprint density at radius 3 is 2.45 bits per heavy atom. The Kier molecular flexibility index (Phi) is 4.54. The van der Waals surface area contributed by atoms with Gasteiger partial charge in [0.05, 0.1) is 10.7 Å². The van der Waals surface area contributed by atoms with Crippen molar-refractivity contribution in [3.63, 3.8) is 0 Å². The van der Waals surface area contributed by atoms with Gasteiger partial charge in [-0.15, -0.1) is 0 Å². The van der Waals surface area contributed by atoms with Crippen molar-refractivity contribution < 1.29 is 18.0 Å². The summed E-state index contributed by atoms with van der Waals surface area (Å²) >= 11 is 7.75. The van der Waals surface area contributed by atoms with Crippen molar-refractivity contribution >= 4 is 45.8 Å². The first kappa shape index (κ1) is 15.1. The van der Waals surface area contributed by atoms with Crippen molar-refractivity contribution in [2.24, 2.45) is 0 Å². The molecule has 1 amide bonds. The van der Waals surface area contributed by atoms with Crippen LogP contribution in [0.25, 0.3) is 0 Å². The molecule has 104 valence electrons. The van der Waals surface area contributed by atoms with Gasteiger partial charge in [-0.3, -0.25) is 4.79 Å². The molecule has 2 aromatic carbocycles. The van der Waals surface area contributed by atoms with Crippen molar-refractivity contribution in [3.05, 3.63) is 61.9 Å². The van der Waals surface area contributed by atoms with Gasteiger partial charge in [0.2, 0.25) is 0 Å². The first-order valence-corrected chi connectivity index (χ1v) is 6.75. The third-order valence-corrected chi connectivity index (χ3v) is 4.01.